The molecule has 54 heavy (non-hydrogen) atoms. The molecule has 0 amide bonds. The second-order valence-electron chi connectivity index (χ2n) is 15.3. The van der Waals surface area contributed by atoms with Crippen molar-refractivity contribution in [2.75, 3.05) is 13.2 Å². The van der Waals surface area contributed by atoms with Crippen LogP contribution in [0.15, 0.2) is 36.5 Å². The first kappa shape index (κ1) is 51.6. The van der Waals surface area contributed by atoms with Gasteiger partial charge in [0.05, 0.1) is 0 Å². The summed E-state index contributed by atoms with van der Waals surface area (Å²) in [6, 6.07) is 0. The molecule has 0 fully saturated rings. The molecule has 0 saturated carbocycles. The molecule has 0 aliphatic carbocycles. The molecule has 0 aromatic carbocycles. The van der Waals surface area contributed by atoms with E-state index in [0.29, 0.717) is 19.3 Å². The van der Waals surface area contributed by atoms with Gasteiger partial charge in [-0.2, -0.15) is 0 Å². The molecule has 6 heteroatoms. The highest BCUT2D eigenvalue weighted by atomic mass is 16.6. The molecular weight excluding hydrogens is 673 g/mol. The third-order valence-electron chi connectivity index (χ3n) is 9.91. The second kappa shape index (κ2) is 43.4. The molecule has 0 aromatic heterocycles. The van der Waals surface area contributed by atoms with Gasteiger partial charge in [0.15, 0.2) is 6.10 Å². The van der Waals surface area contributed by atoms with Crippen LogP contribution in [0.1, 0.15) is 233 Å². The number of carbonyl (C=O) groups excluding carboxylic acids is 3. The number of ether oxygens (including phenoxy) is 3. The molecule has 6 nitrogen and oxygen atoms in total. The Balaban J connectivity index is 4.33. The Labute approximate surface area is 334 Å². The summed E-state index contributed by atoms with van der Waals surface area (Å²) in [5, 5.41) is 0. The third kappa shape index (κ3) is 40.8. The first-order valence-electron chi connectivity index (χ1n) is 23.0. The zero-order valence-corrected chi connectivity index (χ0v) is 35.7. The summed E-state index contributed by atoms with van der Waals surface area (Å²) < 4.78 is 16.7. The smallest absolute Gasteiger partial charge is 0.306 e. The van der Waals surface area contributed by atoms with E-state index >= 15 is 0 Å². The standard InChI is InChI=1S/C48H86O6/c1-4-7-10-13-16-19-22-23-24-25-26-27-30-32-35-38-41-47(50)53-44-45(54-48(51)42-39-36-33-29-21-18-15-12-9-6-3)43-52-46(49)40-37-34-31-28-20-17-14-11-8-5-2/h7,10,16,19,23-24,45H,4-6,8-9,11-15,17-18,20-22,25-44H2,1-3H3/b10-7-,19-16-,24-23-. The molecule has 314 valence electrons. The van der Waals surface area contributed by atoms with Gasteiger partial charge >= 0.3 is 17.9 Å². The fraction of sp³-hybridized carbons (Fsp3) is 0.812. The number of allylic oxidation sites excluding steroid dienone is 6. The average Bonchev–Trinajstić information content (AvgIpc) is 3.17. The first-order chi connectivity index (χ1) is 26.5. The average molecular weight is 759 g/mol. The molecule has 0 aliphatic heterocycles. The maximum atomic E-state index is 12.7. The number of hydrogen-bond donors (Lipinski definition) is 0. The zero-order chi connectivity index (χ0) is 39.4. The highest BCUT2D eigenvalue weighted by molar-refractivity contribution is 5.71. The quantitative estimate of drug-likeness (QED) is 0.0267. The van der Waals surface area contributed by atoms with Crippen molar-refractivity contribution in [3.8, 4) is 0 Å². The van der Waals surface area contributed by atoms with Gasteiger partial charge < -0.3 is 14.2 Å². The minimum absolute atomic E-state index is 0.0732. The van der Waals surface area contributed by atoms with Gasteiger partial charge in [0.2, 0.25) is 0 Å². The molecule has 0 aliphatic rings. The van der Waals surface area contributed by atoms with Gasteiger partial charge in [0, 0.05) is 19.3 Å². The lowest BCUT2D eigenvalue weighted by Gasteiger charge is -2.18. The van der Waals surface area contributed by atoms with Crippen LogP contribution in [0.25, 0.3) is 0 Å². The third-order valence-corrected chi connectivity index (χ3v) is 9.91. The number of rotatable bonds is 41. The lowest BCUT2D eigenvalue weighted by molar-refractivity contribution is -0.167. The monoisotopic (exact) mass is 759 g/mol. The summed E-state index contributed by atoms with van der Waals surface area (Å²) in [4.78, 5) is 37.7. The Morgan fingerprint density at radius 1 is 0.389 bits per heavy atom. The Morgan fingerprint density at radius 2 is 0.722 bits per heavy atom. The van der Waals surface area contributed by atoms with E-state index in [-0.39, 0.29) is 31.1 Å². The Morgan fingerprint density at radius 3 is 1.13 bits per heavy atom. The van der Waals surface area contributed by atoms with Crippen LogP contribution in [0.4, 0.5) is 0 Å². The van der Waals surface area contributed by atoms with Crippen LogP contribution in [0.5, 0.6) is 0 Å². The van der Waals surface area contributed by atoms with E-state index in [1.54, 1.807) is 0 Å². The molecular formula is C48H86O6. The molecule has 1 atom stereocenters. The summed E-state index contributed by atoms with van der Waals surface area (Å²) in [5.41, 5.74) is 0. The van der Waals surface area contributed by atoms with Crippen LogP contribution < -0.4 is 0 Å². The van der Waals surface area contributed by atoms with Crippen molar-refractivity contribution in [1.82, 2.24) is 0 Å². The van der Waals surface area contributed by atoms with Crippen molar-refractivity contribution < 1.29 is 28.6 Å². The highest BCUT2D eigenvalue weighted by Gasteiger charge is 2.19. The van der Waals surface area contributed by atoms with E-state index < -0.39 is 6.10 Å². The van der Waals surface area contributed by atoms with E-state index in [1.165, 1.54) is 109 Å². The van der Waals surface area contributed by atoms with Gasteiger partial charge in [-0.05, 0) is 51.4 Å². The van der Waals surface area contributed by atoms with E-state index in [9.17, 15) is 14.4 Å². The van der Waals surface area contributed by atoms with E-state index in [1.807, 2.05) is 0 Å². The van der Waals surface area contributed by atoms with Gasteiger partial charge in [-0.1, -0.05) is 198 Å². The summed E-state index contributed by atoms with van der Waals surface area (Å²) >= 11 is 0. The molecule has 0 bridgehead atoms. The minimum atomic E-state index is -0.769. The molecule has 1 unspecified atom stereocenters. The molecule has 0 spiro atoms. The normalized spacial score (nSPS) is 12.3. The first-order valence-corrected chi connectivity index (χ1v) is 23.0. The zero-order valence-electron chi connectivity index (χ0n) is 35.7. The van der Waals surface area contributed by atoms with E-state index in [2.05, 4.69) is 57.2 Å². The maximum Gasteiger partial charge on any atom is 0.306 e. The largest absolute Gasteiger partial charge is 0.462 e. The molecule has 0 aromatic rings. The molecule has 0 heterocycles. The topological polar surface area (TPSA) is 78.9 Å². The van der Waals surface area contributed by atoms with Crippen LogP contribution in [0.3, 0.4) is 0 Å². The van der Waals surface area contributed by atoms with Crippen molar-refractivity contribution in [1.29, 1.82) is 0 Å². The summed E-state index contributed by atoms with van der Waals surface area (Å²) in [6.07, 6.45) is 48.4. The van der Waals surface area contributed by atoms with Gasteiger partial charge in [-0.3, -0.25) is 14.4 Å². The fourth-order valence-corrected chi connectivity index (χ4v) is 6.46. The highest BCUT2D eigenvalue weighted by Crippen LogP contribution is 2.14. The van der Waals surface area contributed by atoms with Crippen LogP contribution >= 0.6 is 0 Å². The molecule has 0 rings (SSSR count). The predicted octanol–water partition coefficient (Wildman–Crippen LogP) is 14.6. The van der Waals surface area contributed by atoms with Gasteiger partial charge in [-0.15, -0.1) is 0 Å². The maximum absolute atomic E-state index is 12.7. The minimum Gasteiger partial charge on any atom is -0.462 e. The predicted molar refractivity (Wildman–Crippen MR) is 229 cm³/mol. The van der Waals surface area contributed by atoms with E-state index in [0.717, 1.165) is 83.5 Å². The van der Waals surface area contributed by atoms with Crippen molar-refractivity contribution in [2.24, 2.45) is 0 Å². The molecule has 0 N–H and O–H groups in total. The Hall–Kier alpha value is -2.37. The summed E-state index contributed by atoms with van der Waals surface area (Å²) in [5.74, 6) is -0.886. The van der Waals surface area contributed by atoms with E-state index in [4.69, 9.17) is 14.2 Å². The van der Waals surface area contributed by atoms with Gasteiger partial charge in [0.25, 0.3) is 0 Å². The number of unbranched alkanes of at least 4 members (excludes halogenated alkanes) is 24. The van der Waals surface area contributed by atoms with Crippen LogP contribution in [-0.4, -0.2) is 37.2 Å². The fourth-order valence-electron chi connectivity index (χ4n) is 6.46. The summed E-state index contributed by atoms with van der Waals surface area (Å²) in [6.45, 7) is 6.49. The number of carbonyl (C=O) groups is 3. The SMILES string of the molecule is CC/C=C\C/C=C\C/C=C\CCCCCCCCC(=O)OCC(COC(=O)CCCCCCCCCCCC)OC(=O)CCCCCCCCCCCC. The summed E-state index contributed by atoms with van der Waals surface area (Å²) in [7, 11) is 0. The van der Waals surface area contributed by atoms with Crippen LogP contribution in [0.2, 0.25) is 0 Å². The van der Waals surface area contributed by atoms with Crippen molar-refractivity contribution in [3.05, 3.63) is 36.5 Å². The lowest BCUT2D eigenvalue weighted by Crippen LogP contribution is -2.30. The van der Waals surface area contributed by atoms with Crippen molar-refractivity contribution >= 4 is 17.9 Å². The lowest BCUT2D eigenvalue weighted by atomic mass is 10.1. The molecule has 0 saturated heterocycles. The van der Waals surface area contributed by atoms with Gasteiger partial charge in [-0.25, -0.2) is 0 Å². The number of esters is 3. The van der Waals surface area contributed by atoms with Crippen molar-refractivity contribution in [3.63, 3.8) is 0 Å². The molecule has 0 radical (unpaired) electrons. The van der Waals surface area contributed by atoms with Crippen LogP contribution in [-0.2, 0) is 28.6 Å². The Kier molecular flexibility index (Phi) is 41.5. The van der Waals surface area contributed by atoms with Crippen molar-refractivity contribution in [2.45, 2.75) is 239 Å². The Bertz CT molecular complexity index is 922. The second-order valence-corrected chi connectivity index (χ2v) is 15.3. The van der Waals surface area contributed by atoms with Gasteiger partial charge in [0.1, 0.15) is 13.2 Å². The number of hydrogen-bond acceptors (Lipinski definition) is 6. The van der Waals surface area contributed by atoms with Crippen LogP contribution in [0, 0.1) is 0 Å².